The van der Waals surface area contributed by atoms with Gasteiger partial charge in [0, 0.05) is 45.4 Å². The summed E-state index contributed by atoms with van der Waals surface area (Å²) >= 11 is 0. The molecule has 0 radical (unpaired) electrons. The highest BCUT2D eigenvalue weighted by Gasteiger charge is 2.12. The first-order valence-corrected chi connectivity index (χ1v) is 16.7. The van der Waals surface area contributed by atoms with Crippen LogP contribution in [0.15, 0.2) is 182 Å². The van der Waals surface area contributed by atoms with Crippen molar-refractivity contribution in [1.29, 1.82) is 0 Å². The highest BCUT2D eigenvalue weighted by Crippen LogP contribution is 2.32. The predicted octanol–water partition coefficient (Wildman–Crippen LogP) is 11.6. The van der Waals surface area contributed by atoms with Gasteiger partial charge in [-0.2, -0.15) is 0 Å². The third-order valence-electron chi connectivity index (χ3n) is 9.20. The Balaban J connectivity index is 1.01. The molecule has 4 nitrogen and oxygen atoms in total. The summed E-state index contributed by atoms with van der Waals surface area (Å²) in [4.78, 5) is 19.4. The maximum atomic E-state index is 5.03. The van der Waals surface area contributed by atoms with Crippen LogP contribution in [-0.2, 0) is 0 Å². The minimum Gasteiger partial charge on any atom is -0.254 e. The van der Waals surface area contributed by atoms with Crippen LogP contribution in [0.2, 0.25) is 0 Å². The minimum absolute atomic E-state index is 0.706. The van der Waals surface area contributed by atoms with Gasteiger partial charge >= 0.3 is 0 Å². The third kappa shape index (κ3) is 5.69. The Morgan fingerprint density at radius 1 is 0.300 bits per heavy atom. The zero-order chi connectivity index (χ0) is 33.3. The van der Waals surface area contributed by atoms with Crippen LogP contribution in [0.5, 0.6) is 0 Å². The number of hydrogen-bond donors (Lipinski definition) is 0. The van der Waals surface area contributed by atoms with Crippen LogP contribution in [0.4, 0.5) is 0 Å². The molecular weight excluding hydrogens is 609 g/mol. The lowest BCUT2D eigenvalue weighted by atomic mass is 9.98. The molecule has 0 unspecified atom stereocenters. The Morgan fingerprint density at radius 2 is 0.760 bits per heavy atom. The second-order valence-corrected chi connectivity index (χ2v) is 12.4. The van der Waals surface area contributed by atoms with Crippen molar-refractivity contribution in [2.24, 2.45) is 0 Å². The third-order valence-corrected chi connectivity index (χ3v) is 9.20. The molecule has 0 N–H and O–H groups in total. The van der Waals surface area contributed by atoms with Gasteiger partial charge in [-0.1, -0.05) is 152 Å². The second-order valence-electron chi connectivity index (χ2n) is 12.4. The molecule has 0 aliphatic carbocycles. The molecule has 9 rings (SSSR count). The first kappa shape index (κ1) is 29.4. The molecule has 6 aromatic carbocycles. The summed E-state index contributed by atoms with van der Waals surface area (Å²) in [5.74, 6) is 0.706. The molecule has 9 aromatic rings. The molecule has 0 amide bonds. The maximum absolute atomic E-state index is 5.03. The quantitative estimate of drug-likeness (QED) is 0.170. The van der Waals surface area contributed by atoms with Gasteiger partial charge < -0.3 is 0 Å². The molecule has 0 saturated carbocycles. The number of aromatic nitrogens is 4. The maximum Gasteiger partial charge on any atom is 0.160 e. The fourth-order valence-electron chi connectivity index (χ4n) is 6.51. The van der Waals surface area contributed by atoms with Gasteiger partial charge in [0.2, 0.25) is 0 Å². The van der Waals surface area contributed by atoms with Crippen molar-refractivity contribution in [3.8, 4) is 67.3 Å². The van der Waals surface area contributed by atoms with E-state index in [4.69, 9.17) is 15.0 Å². The molecule has 0 spiro atoms. The van der Waals surface area contributed by atoms with Crippen molar-refractivity contribution in [3.05, 3.63) is 182 Å². The molecule has 3 heterocycles. The zero-order valence-electron chi connectivity index (χ0n) is 27.1. The summed E-state index contributed by atoms with van der Waals surface area (Å²) in [5, 5.41) is 2.18. The molecule has 234 valence electrons. The Hall–Kier alpha value is -6.78. The van der Waals surface area contributed by atoms with E-state index in [1.54, 1.807) is 0 Å². The van der Waals surface area contributed by atoms with Gasteiger partial charge in [0.25, 0.3) is 0 Å². The second kappa shape index (κ2) is 12.7. The Kier molecular flexibility index (Phi) is 7.45. The van der Waals surface area contributed by atoms with E-state index in [1.807, 2.05) is 42.7 Å². The van der Waals surface area contributed by atoms with Gasteiger partial charge in [0.15, 0.2) is 5.82 Å². The van der Waals surface area contributed by atoms with Gasteiger partial charge in [-0.05, 0) is 46.0 Å². The number of benzene rings is 6. The lowest BCUT2D eigenvalue weighted by molar-refractivity contribution is 1.18. The van der Waals surface area contributed by atoms with E-state index in [1.165, 1.54) is 11.1 Å². The number of fused-ring (bicyclic) bond motifs is 3. The van der Waals surface area contributed by atoms with E-state index in [0.29, 0.717) is 5.82 Å². The van der Waals surface area contributed by atoms with Gasteiger partial charge in [-0.25, -0.2) is 9.97 Å². The number of rotatable bonds is 6. The van der Waals surface area contributed by atoms with Gasteiger partial charge in [-0.15, -0.1) is 0 Å². The Labute approximate surface area is 290 Å². The average Bonchev–Trinajstić information content (AvgIpc) is 3.21. The van der Waals surface area contributed by atoms with Crippen molar-refractivity contribution in [2.75, 3.05) is 0 Å². The van der Waals surface area contributed by atoms with Crippen LogP contribution in [-0.4, -0.2) is 19.9 Å². The summed E-state index contributed by atoms with van der Waals surface area (Å²) in [7, 11) is 0. The summed E-state index contributed by atoms with van der Waals surface area (Å²) in [6.45, 7) is 0. The van der Waals surface area contributed by atoms with Crippen LogP contribution >= 0.6 is 0 Å². The normalized spacial score (nSPS) is 11.2. The van der Waals surface area contributed by atoms with Crippen molar-refractivity contribution in [2.45, 2.75) is 0 Å². The molecular formula is C46H30N4. The number of pyridine rings is 2. The van der Waals surface area contributed by atoms with E-state index in [0.717, 1.165) is 72.1 Å². The topological polar surface area (TPSA) is 51.6 Å². The smallest absolute Gasteiger partial charge is 0.160 e. The van der Waals surface area contributed by atoms with E-state index in [-0.39, 0.29) is 0 Å². The van der Waals surface area contributed by atoms with Crippen LogP contribution in [0.3, 0.4) is 0 Å². The Morgan fingerprint density at radius 3 is 1.34 bits per heavy atom. The fourth-order valence-corrected chi connectivity index (χ4v) is 6.51. The molecule has 3 aromatic heterocycles. The lowest BCUT2D eigenvalue weighted by Crippen LogP contribution is -1.96. The van der Waals surface area contributed by atoms with Crippen LogP contribution < -0.4 is 0 Å². The highest BCUT2D eigenvalue weighted by molar-refractivity contribution is 6.03. The zero-order valence-corrected chi connectivity index (χ0v) is 27.1. The minimum atomic E-state index is 0.706. The molecule has 4 heteroatoms. The van der Waals surface area contributed by atoms with E-state index in [2.05, 4.69) is 145 Å². The molecule has 0 aliphatic heterocycles. The monoisotopic (exact) mass is 638 g/mol. The van der Waals surface area contributed by atoms with Crippen LogP contribution in [0, 0.1) is 0 Å². The van der Waals surface area contributed by atoms with Gasteiger partial charge in [-0.3, -0.25) is 9.97 Å². The largest absolute Gasteiger partial charge is 0.254 e. The van der Waals surface area contributed by atoms with Gasteiger partial charge in [0.05, 0.1) is 22.4 Å². The highest BCUT2D eigenvalue weighted by atomic mass is 14.9. The average molecular weight is 639 g/mol. The summed E-state index contributed by atoms with van der Waals surface area (Å²) in [6.07, 6.45) is 3.76. The standard InChI is InChI=1S/C46H30N4/c1-3-8-31(9-4-1)32-17-21-36(22-18-32)42-29-43(50-46(49-42)39-10-5-2-6-11-39)37-23-19-34(20-24-37)33-13-15-35(16-14-33)41-28-40-26-25-38-12-7-27-47-44(38)45(40)48-30-41/h1-30H. The SMILES string of the molecule is c1ccc(-c2ccc(-c3cc(-c4ccc(-c5ccc(-c6cnc7c(ccc8cccnc87)c6)cc5)cc4)nc(-c4ccccc4)n3)cc2)cc1. The fraction of sp³-hybridized carbons (Fsp3) is 0. The van der Waals surface area contributed by atoms with Gasteiger partial charge in [0.1, 0.15) is 0 Å². The van der Waals surface area contributed by atoms with E-state index in [9.17, 15) is 0 Å². The molecule has 0 aliphatic rings. The molecule has 0 saturated heterocycles. The van der Waals surface area contributed by atoms with Crippen LogP contribution in [0.1, 0.15) is 0 Å². The van der Waals surface area contributed by atoms with Crippen LogP contribution in [0.25, 0.3) is 89.1 Å². The first-order valence-electron chi connectivity index (χ1n) is 16.7. The van der Waals surface area contributed by atoms with Crippen molar-refractivity contribution >= 4 is 21.8 Å². The van der Waals surface area contributed by atoms with E-state index >= 15 is 0 Å². The number of nitrogens with zero attached hydrogens (tertiary/aromatic N) is 4. The predicted molar refractivity (Wildman–Crippen MR) is 205 cm³/mol. The first-order chi connectivity index (χ1) is 24.7. The molecule has 50 heavy (non-hydrogen) atoms. The molecule has 0 atom stereocenters. The molecule has 0 bridgehead atoms. The Bertz CT molecular complexity index is 2600. The summed E-state index contributed by atoms with van der Waals surface area (Å²) in [6, 6.07) is 59.0. The summed E-state index contributed by atoms with van der Waals surface area (Å²) in [5.41, 5.74) is 13.6. The number of hydrogen-bond acceptors (Lipinski definition) is 4. The van der Waals surface area contributed by atoms with E-state index < -0.39 is 0 Å². The van der Waals surface area contributed by atoms with Crippen molar-refractivity contribution in [1.82, 2.24) is 19.9 Å². The van der Waals surface area contributed by atoms with Crippen molar-refractivity contribution < 1.29 is 0 Å². The summed E-state index contributed by atoms with van der Waals surface area (Å²) < 4.78 is 0. The van der Waals surface area contributed by atoms with Crippen molar-refractivity contribution in [3.63, 3.8) is 0 Å². The molecule has 0 fully saturated rings. The lowest BCUT2D eigenvalue weighted by Gasteiger charge is -2.11.